The van der Waals surface area contributed by atoms with Crippen LogP contribution in [-0.2, 0) is 4.79 Å². The van der Waals surface area contributed by atoms with Crippen LogP contribution in [0.5, 0.6) is 0 Å². The first-order valence-corrected chi connectivity index (χ1v) is 11.1. The number of carbonyl (C=O) groups excluding carboxylic acids is 2. The quantitative estimate of drug-likeness (QED) is 0.488. The van der Waals surface area contributed by atoms with Crippen molar-refractivity contribution in [3.63, 3.8) is 0 Å². The number of rotatable bonds is 9. The third kappa shape index (κ3) is 5.25. The van der Waals surface area contributed by atoms with Gasteiger partial charge in [0.1, 0.15) is 0 Å². The Morgan fingerprint density at radius 2 is 1.70 bits per heavy atom. The average Bonchev–Trinajstić information content (AvgIpc) is 3.56. The second kappa shape index (κ2) is 9.85. The van der Waals surface area contributed by atoms with Crippen molar-refractivity contribution in [1.82, 2.24) is 9.80 Å². The van der Waals surface area contributed by atoms with Crippen LogP contribution in [0.4, 0.5) is 0 Å². The molecule has 0 aromatic heterocycles. The van der Waals surface area contributed by atoms with Crippen molar-refractivity contribution in [3.8, 4) is 0 Å². The Hall–Kier alpha value is -2.73. The number of primary amides is 1. The Balaban J connectivity index is 1.44. The van der Waals surface area contributed by atoms with E-state index >= 15 is 0 Å². The van der Waals surface area contributed by atoms with Crippen LogP contribution < -0.4 is 5.73 Å². The number of allylic oxidation sites excluding steroid dienone is 4. The van der Waals surface area contributed by atoms with Gasteiger partial charge < -0.3 is 15.5 Å². The summed E-state index contributed by atoms with van der Waals surface area (Å²) in [7, 11) is 0. The first kappa shape index (κ1) is 22.0. The standard InChI is InChI=1S/C24H29N3O2S/c1-4-6-18(5-2)21-15-22(21)24(29)27-13-11-26(12-14-27)17(3)16-30-20-9-7-19(8-10-20)23(25)28/h4-10,21-22H,1-3,11-16H2,(H2,25,28)/b18-6+/t21-,22+/m0/s1. The van der Waals surface area contributed by atoms with E-state index in [0.717, 1.165) is 54.5 Å². The molecule has 3 rings (SSSR count). The summed E-state index contributed by atoms with van der Waals surface area (Å²) in [6.45, 7) is 14.9. The van der Waals surface area contributed by atoms with Crippen molar-refractivity contribution in [2.45, 2.75) is 11.3 Å². The third-order valence-corrected chi connectivity index (χ3v) is 6.75. The van der Waals surface area contributed by atoms with Gasteiger partial charge in [0.05, 0.1) is 0 Å². The molecule has 1 aromatic carbocycles. The fourth-order valence-corrected chi connectivity index (χ4v) is 4.61. The normalized spacial score (nSPS) is 21.1. The Morgan fingerprint density at radius 3 is 2.27 bits per heavy atom. The van der Waals surface area contributed by atoms with Crippen LogP contribution in [0.25, 0.3) is 0 Å². The molecule has 0 bridgehead atoms. The van der Waals surface area contributed by atoms with Gasteiger partial charge in [-0.2, -0.15) is 0 Å². The molecule has 5 nitrogen and oxygen atoms in total. The van der Waals surface area contributed by atoms with Crippen molar-refractivity contribution in [2.24, 2.45) is 17.6 Å². The van der Waals surface area contributed by atoms with Crippen molar-refractivity contribution in [1.29, 1.82) is 0 Å². The number of thioether (sulfide) groups is 1. The summed E-state index contributed by atoms with van der Waals surface area (Å²) < 4.78 is 0. The number of benzene rings is 1. The maximum absolute atomic E-state index is 12.8. The molecule has 1 heterocycles. The van der Waals surface area contributed by atoms with Gasteiger partial charge in [0, 0.05) is 54.0 Å². The lowest BCUT2D eigenvalue weighted by atomic mass is 10.1. The summed E-state index contributed by atoms with van der Waals surface area (Å²) >= 11 is 1.68. The van der Waals surface area contributed by atoms with Gasteiger partial charge in [-0.05, 0) is 42.2 Å². The molecular weight excluding hydrogens is 394 g/mol. The fraction of sp³-hybridized carbons (Fsp3) is 0.333. The summed E-state index contributed by atoms with van der Waals surface area (Å²) in [6.07, 6.45) is 6.45. The minimum absolute atomic E-state index is 0.0860. The van der Waals surface area contributed by atoms with Gasteiger partial charge >= 0.3 is 0 Å². The number of carbonyl (C=O) groups is 2. The van der Waals surface area contributed by atoms with Gasteiger partial charge in [-0.3, -0.25) is 9.59 Å². The van der Waals surface area contributed by atoms with E-state index in [2.05, 4.69) is 24.6 Å². The van der Waals surface area contributed by atoms with E-state index in [0.29, 0.717) is 11.5 Å². The molecule has 2 atom stereocenters. The molecule has 1 aromatic rings. The smallest absolute Gasteiger partial charge is 0.248 e. The van der Waals surface area contributed by atoms with E-state index in [-0.39, 0.29) is 11.8 Å². The highest BCUT2D eigenvalue weighted by Gasteiger charge is 2.46. The van der Waals surface area contributed by atoms with Gasteiger partial charge in [0.15, 0.2) is 0 Å². The minimum atomic E-state index is -0.418. The second-order valence-electron chi connectivity index (χ2n) is 7.61. The summed E-state index contributed by atoms with van der Waals surface area (Å²) in [5.41, 5.74) is 7.95. The average molecular weight is 424 g/mol. The van der Waals surface area contributed by atoms with Gasteiger partial charge in [0.25, 0.3) is 0 Å². The van der Waals surface area contributed by atoms with Crippen molar-refractivity contribution < 1.29 is 9.59 Å². The van der Waals surface area contributed by atoms with Crippen LogP contribution in [0.1, 0.15) is 16.8 Å². The fourth-order valence-electron chi connectivity index (χ4n) is 3.77. The molecule has 2 amide bonds. The minimum Gasteiger partial charge on any atom is -0.371 e. The van der Waals surface area contributed by atoms with Crippen molar-refractivity contribution in [2.75, 3.05) is 31.9 Å². The van der Waals surface area contributed by atoms with E-state index < -0.39 is 5.91 Å². The lowest BCUT2D eigenvalue weighted by Crippen LogP contribution is -2.49. The highest BCUT2D eigenvalue weighted by Crippen LogP contribution is 2.45. The molecular formula is C24H29N3O2S. The number of piperazine rings is 1. The molecule has 1 saturated heterocycles. The molecule has 2 aliphatic rings. The highest BCUT2D eigenvalue weighted by molar-refractivity contribution is 7.99. The highest BCUT2D eigenvalue weighted by atomic mass is 32.2. The molecule has 1 aliphatic carbocycles. The molecule has 2 N–H and O–H groups in total. The van der Waals surface area contributed by atoms with Crippen molar-refractivity contribution in [3.05, 3.63) is 79.1 Å². The zero-order chi connectivity index (χ0) is 21.7. The maximum Gasteiger partial charge on any atom is 0.248 e. The Labute approximate surface area is 183 Å². The van der Waals surface area contributed by atoms with Crippen LogP contribution in [0.2, 0.25) is 0 Å². The molecule has 0 radical (unpaired) electrons. The number of nitrogens with zero attached hydrogens (tertiary/aromatic N) is 2. The molecule has 30 heavy (non-hydrogen) atoms. The summed E-state index contributed by atoms with van der Waals surface area (Å²) in [6, 6.07) is 7.29. The summed E-state index contributed by atoms with van der Waals surface area (Å²) in [5.74, 6) is 0.981. The first-order chi connectivity index (χ1) is 14.4. The SMILES string of the molecule is C=C/C=C(\C=C)[C@@H]1C[C@H]1C(=O)N1CCN(C(=C)CSc2ccc(C(N)=O)cc2)CC1. The lowest BCUT2D eigenvalue weighted by molar-refractivity contribution is -0.134. The maximum atomic E-state index is 12.8. The Kier molecular flexibility index (Phi) is 7.21. The van der Waals surface area contributed by atoms with Gasteiger partial charge in [-0.1, -0.05) is 38.0 Å². The van der Waals surface area contributed by atoms with Crippen LogP contribution in [-0.4, -0.2) is 53.5 Å². The topological polar surface area (TPSA) is 66.6 Å². The molecule has 0 unspecified atom stereocenters. The third-order valence-electron chi connectivity index (χ3n) is 5.66. The van der Waals surface area contributed by atoms with Crippen LogP contribution in [0.3, 0.4) is 0 Å². The lowest BCUT2D eigenvalue weighted by Gasteiger charge is -2.37. The zero-order valence-corrected chi connectivity index (χ0v) is 18.1. The van der Waals surface area contributed by atoms with E-state index in [9.17, 15) is 9.59 Å². The molecule has 6 heteroatoms. The first-order valence-electron chi connectivity index (χ1n) is 10.1. The zero-order valence-electron chi connectivity index (χ0n) is 17.3. The van der Waals surface area contributed by atoms with Gasteiger partial charge in [0.2, 0.25) is 11.8 Å². The number of hydrogen-bond acceptors (Lipinski definition) is 4. The number of amides is 2. The predicted molar refractivity (Wildman–Crippen MR) is 123 cm³/mol. The predicted octanol–water partition coefficient (Wildman–Crippen LogP) is 3.47. The largest absolute Gasteiger partial charge is 0.371 e. The van der Waals surface area contributed by atoms with Crippen LogP contribution in [0, 0.1) is 11.8 Å². The van der Waals surface area contributed by atoms with E-state index in [1.807, 2.05) is 29.2 Å². The summed E-state index contributed by atoms with van der Waals surface area (Å²) in [5, 5.41) is 0. The Bertz CT molecular complexity index is 867. The molecule has 1 saturated carbocycles. The summed E-state index contributed by atoms with van der Waals surface area (Å²) in [4.78, 5) is 29.3. The molecule has 2 fully saturated rings. The monoisotopic (exact) mass is 423 g/mol. The molecule has 1 aliphatic heterocycles. The number of hydrogen-bond donors (Lipinski definition) is 1. The van der Waals surface area contributed by atoms with E-state index in [1.165, 1.54) is 0 Å². The van der Waals surface area contributed by atoms with Gasteiger partial charge in [-0.25, -0.2) is 0 Å². The van der Waals surface area contributed by atoms with E-state index in [1.54, 1.807) is 30.0 Å². The van der Waals surface area contributed by atoms with Crippen LogP contribution >= 0.6 is 11.8 Å². The number of nitrogens with two attached hydrogens (primary N) is 1. The van der Waals surface area contributed by atoms with Crippen LogP contribution in [0.15, 0.2) is 78.4 Å². The molecule has 0 spiro atoms. The van der Waals surface area contributed by atoms with Crippen molar-refractivity contribution >= 4 is 23.6 Å². The second-order valence-corrected chi connectivity index (χ2v) is 8.66. The molecule has 158 valence electrons. The Morgan fingerprint density at radius 1 is 1.07 bits per heavy atom. The van der Waals surface area contributed by atoms with Gasteiger partial charge in [-0.15, -0.1) is 11.8 Å². The van der Waals surface area contributed by atoms with E-state index in [4.69, 9.17) is 5.73 Å².